The van der Waals surface area contributed by atoms with Crippen molar-refractivity contribution in [2.45, 2.75) is 59.5 Å². The van der Waals surface area contributed by atoms with E-state index in [-0.39, 0.29) is 5.97 Å². The predicted octanol–water partition coefficient (Wildman–Crippen LogP) is 2.76. The SMILES string of the molecule is CCOC(=O)C1(C(C)(C)O)CC(C)CC(C)C1. The van der Waals surface area contributed by atoms with Crippen LogP contribution in [-0.2, 0) is 9.53 Å². The van der Waals surface area contributed by atoms with E-state index in [0.717, 1.165) is 19.3 Å². The van der Waals surface area contributed by atoms with Crippen LogP contribution in [0.15, 0.2) is 0 Å². The molecule has 100 valence electrons. The summed E-state index contributed by atoms with van der Waals surface area (Å²) < 4.78 is 5.21. The molecule has 17 heavy (non-hydrogen) atoms. The second-order valence-electron chi connectivity index (χ2n) is 6.22. The van der Waals surface area contributed by atoms with E-state index in [9.17, 15) is 9.90 Å². The third-order valence-corrected chi connectivity index (χ3v) is 4.04. The first-order chi connectivity index (χ1) is 7.73. The van der Waals surface area contributed by atoms with Gasteiger partial charge in [0.2, 0.25) is 0 Å². The molecule has 0 bridgehead atoms. The fraction of sp³-hybridized carbons (Fsp3) is 0.929. The lowest BCUT2D eigenvalue weighted by molar-refractivity contribution is -0.181. The van der Waals surface area contributed by atoms with E-state index in [0.29, 0.717) is 18.4 Å². The van der Waals surface area contributed by atoms with Gasteiger partial charge in [-0.15, -0.1) is 0 Å². The summed E-state index contributed by atoms with van der Waals surface area (Å²) in [5.74, 6) is 0.676. The molecule has 0 aliphatic heterocycles. The van der Waals surface area contributed by atoms with Crippen molar-refractivity contribution in [3.05, 3.63) is 0 Å². The Labute approximate surface area is 105 Å². The number of hydrogen-bond acceptors (Lipinski definition) is 3. The molecule has 1 aliphatic rings. The van der Waals surface area contributed by atoms with E-state index >= 15 is 0 Å². The summed E-state index contributed by atoms with van der Waals surface area (Å²) in [5, 5.41) is 10.4. The standard InChI is InChI=1S/C14H26O3/c1-6-17-12(15)14(13(4,5)16)8-10(2)7-11(3)9-14/h10-11,16H,6-9H2,1-5H3. The van der Waals surface area contributed by atoms with Gasteiger partial charge in [-0.05, 0) is 51.9 Å². The summed E-state index contributed by atoms with van der Waals surface area (Å²) in [6.07, 6.45) is 2.57. The quantitative estimate of drug-likeness (QED) is 0.774. The molecule has 0 aromatic carbocycles. The fourth-order valence-corrected chi connectivity index (χ4v) is 3.31. The summed E-state index contributed by atoms with van der Waals surface area (Å²) in [4.78, 5) is 12.3. The zero-order valence-electron chi connectivity index (χ0n) is 11.7. The van der Waals surface area contributed by atoms with Crippen LogP contribution < -0.4 is 0 Å². The number of hydrogen-bond donors (Lipinski definition) is 1. The van der Waals surface area contributed by atoms with E-state index in [1.54, 1.807) is 13.8 Å². The maximum Gasteiger partial charge on any atom is 0.314 e. The number of ether oxygens (including phenoxy) is 1. The number of aliphatic hydroxyl groups is 1. The highest BCUT2D eigenvalue weighted by molar-refractivity contribution is 5.78. The Morgan fingerprint density at radius 3 is 2.18 bits per heavy atom. The second kappa shape index (κ2) is 4.97. The molecule has 1 aliphatic carbocycles. The smallest absolute Gasteiger partial charge is 0.314 e. The minimum atomic E-state index is -1.03. The Morgan fingerprint density at radius 1 is 1.35 bits per heavy atom. The normalized spacial score (nSPS) is 34.5. The molecule has 1 saturated carbocycles. The summed E-state index contributed by atoms with van der Waals surface area (Å²) in [6, 6.07) is 0. The highest BCUT2D eigenvalue weighted by atomic mass is 16.5. The third kappa shape index (κ3) is 2.82. The fourth-order valence-electron chi connectivity index (χ4n) is 3.31. The average molecular weight is 242 g/mol. The van der Waals surface area contributed by atoms with Crippen LogP contribution in [0.3, 0.4) is 0 Å². The van der Waals surface area contributed by atoms with Crippen LogP contribution >= 0.6 is 0 Å². The first kappa shape index (κ1) is 14.5. The van der Waals surface area contributed by atoms with Gasteiger partial charge in [0.05, 0.1) is 17.6 Å². The number of esters is 1. The molecule has 1 fully saturated rings. The molecule has 3 nitrogen and oxygen atoms in total. The van der Waals surface area contributed by atoms with Crippen molar-refractivity contribution in [3.8, 4) is 0 Å². The van der Waals surface area contributed by atoms with Crippen LogP contribution in [0.25, 0.3) is 0 Å². The minimum Gasteiger partial charge on any atom is -0.465 e. The monoisotopic (exact) mass is 242 g/mol. The van der Waals surface area contributed by atoms with Crippen LogP contribution in [0.5, 0.6) is 0 Å². The van der Waals surface area contributed by atoms with Gasteiger partial charge in [0.15, 0.2) is 0 Å². The van der Waals surface area contributed by atoms with Crippen LogP contribution in [0.4, 0.5) is 0 Å². The summed E-state index contributed by atoms with van der Waals surface area (Å²) >= 11 is 0. The zero-order valence-corrected chi connectivity index (χ0v) is 11.7. The Kier molecular flexibility index (Phi) is 4.23. The number of carbonyl (C=O) groups excluding carboxylic acids is 1. The van der Waals surface area contributed by atoms with Crippen molar-refractivity contribution in [2.75, 3.05) is 6.61 Å². The molecule has 0 aromatic rings. The van der Waals surface area contributed by atoms with E-state index in [4.69, 9.17) is 4.74 Å². The predicted molar refractivity (Wildman–Crippen MR) is 67.5 cm³/mol. The van der Waals surface area contributed by atoms with Gasteiger partial charge >= 0.3 is 5.97 Å². The zero-order chi connectivity index (χ0) is 13.3. The van der Waals surface area contributed by atoms with Crippen molar-refractivity contribution in [2.24, 2.45) is 17.3 Å². The third-order valence-electron chi connectivity index (χ3n) is 4.04. The van der Waals surface area contributed by atoms with Gasteiger partial charge in [0, 0.05) is 0 Å². The molecular weight excluding hydrogens is 216 g/mol. The highest BCUT2D eigenvalue weighted by Crippen LogP contribution is 2.49. The van der Waals surface area contributed by atoms with Gasteiger partial charge in [-0.2, -0.15) is 0 Å². The van der Waals surface area contributed by atoms with Crippen molar-refractivity contribution in [1.82, 2.24) is 0 Å². The van der Waals surface area contributed by atoms with Crippen LogP contribution in [0.2, 0.25) is 0 Å². The Bertz CT molecular complexity index is 268. The van der Waals surface area contributed by atoms with E-state index in [1.165, 1.54) is 0 Å². The Hall–Kier alpha value is -0.570. The molecule has 1 rings (SSSR count). The van der Waals surface area contributed by atoms with Crippen molar-refractivity contribution in [3.63, 3.8) is 0 Å². The van der Waals surface area contributed by atoms with Crippen molar-refractivity contribution >= 4 is 5.97 Å². The molecule has 3 heteroatoms. The van der Waals surface area contributed by atoms with Gasteiger partial charge in [-0.1, -0.05) is 13.8 Å². The van der Waals surface area contributed by atoms with E-state index in [1.807, 2.05) is 6.92 Å². The van der Waals surface area contributed by atoms with E-state index in [2.05, 4.69) is 13.8 Å². The average Bonchev–Trinajstić information content (AvgIpc) is 2.14. The first-order valence-corrected chi connectivity index (χ1v) is 6.62. The Balaban J connectivity index is 3.05. The number of rotatable bonds is 3. The maximum atomic E-state index is 12.3. The molecular formula is C14H26O3. The molecule has 0 aromatic heterocycles. The molecule has 0 heterocycles. The lowest BCUT2D eigenvalue weighted by Gasteiger charge is -2.47. The molecule has 0 saturated heterocycles. The second-order valence-corrected chi connectivity index (χ2v) is 6.22. The van der Waals surface area contributed by atoms with Gasteiger partial charge in [0.1, 0.15) is 0 Å². The largest absolute Gasteiger partial charge is 0.465 e. The van der Waals surface area contributed by atoms with Crippen molar-refractivity contribution < 1.29 is 14.6 Å². The van der Waals surface area contributed by atoms with Crippen LogP contribution in [-0.4, -0.2) is 23.3 Å². The lowest BCUT2D eigenvalue weighted by atomic mass is 9.59. The summed E-state index contributed by atoms with van der Waals surface area (Å²) in [7, 11) is 0. The summed E-state index contributed by atoms with van der Waals surface area (Å²) in [6.45, 7) is 9.94. The Morgan fingerprint density at radius 2 is 1.82 bits per heavy atom. The molecule has 1 N–H and O–H groups in total. The van der Waals surface area contributed by atoms with Crippen LogP contribution in [0.1, 0.15) is 53.9 Å². The van der Waals surface area contributed by atoms with Gasteiger partial charge in [0.25, 0.3) is 0 Å². The number of carbonyl (C=O) groups is 1. The molecule has 0 spiro atoms. The van der Waals surface area contributed by atoms with Crippen molar-refractivity contribution in [1.29, 1.82) is 0 Å². The van der Waals surface area contributed by atoms with Gasteiger partial charge < -0.3 is 9.84 Å². The minimum absolute atomic E-state index is 0.231. The first-order valence-electron chi connectivity index (χ1n) is 6.62. The molecule has 0 radical (unpaired) electrons. The van der Waals surface area contributed by atoms with Gasteiger partial charge in [-0.3, -0.25) is 4.79 Å². The van der Waals surface area contributed by atoms with E-state index < -0.39 is 11.0 Å². The topological polar surface area (TPSA) is 46.5 Å². The van der Waals surface area contributed by atoms with Crippen LogP contribution in [0, 0.1) is 17.3 Å². The summed E-state index contributed by atoms with van der Waals surface area (Å²) in [5.41, 5.74) is -1.76. The van der Waals surface area contributed by atoms with Gasteiger partial charge in [-0.25, -0.2) is 0 Å². The molecule has 2 unspecified atom stereocenters. The lowest BCUT2D eigenvalue weighted by Crippen LogP contribution is -2.54. The maximum absolute atomic E-state index is 12.3. The highest BCUT2D eigenvalue weighted by Gasteiger charge is 2.54. The molecule has 2 atom stereocenters. The molecule has 0 amide bonds.